The molecular weight excluding hydrogens is 560 g/mol. The normalized spacial score (nSPS) is 11.2. The molecule has 6 rings (SSSR count). The Hall–Kier alpha value is -4.77. The topological polar surface area (TPSA) is 126 Å². The molecule has 0 aliphatic carbocycles. The van der Waals surface area contributed by atoms with Gasteiger partial charge in [0.1, 0.15) is 19.7 Å². The van der Waals surface area contributed by atoms with Crippen LogP contribution in [0.15, 0.2) is 82.6 Å². The number of aliphatic hydroxyl groups is 1. The Balaban J connectivity index is 0.000000175. The number of ether oxygens (including phenoxy) is 2. The van der Waals surface area contributed by atoms with Gasteiger partial charge in [0.25, 0.3) is 11.1 Å². The van der Waals surface area contributed by atoms with E-state index in [1.807, 2.05) is 36.4 Å². The van der Waals surface area contributed by atoms with Crippen molar-refractivity contribution < 1.29 is 19.4 Å². The number of aldehydes is 1. The summed E-state index contributed by atoms with van der Waals surface area (Å²) in [7, 11) is 3.13. The van der Waals surface area contributed by atoms with Gasteiger partial charge in [-0.05, 0) is 78.9 Å². The highest BCUT2D eigenvalue weighted by Crippen LogP contribution is 2.24. The summed E-state index contributed by atoms with van der Waals surface area (Å²) in [5.74, 6) is 0. The predicted molar refractivity (Wildman–Crippen MR) is 171 cm³/mol. The molecule has 0 saturated carbocycles. The van der Waals surface area contributed by atoms with Crippen LogP contribution in [0.4, 0.5) is 0 Å². The van der Waals surface area contributed by atoms with Crippen LogP contribution in [0.25, 0.3) is 43.6 Å². The van der Waals surface area contributed by atoms with Crippen LogP contribution in [0.5, 0.6) is 0 Å². The molecule has 10 nitrogen and oxygen atoms in total. The van der Waals surface area contributed by atoms with Crippen molar-refractivity contribution in [3.63, 3.8) is 0 Å². The van der Waals surface area contributed by atoms with Gasteiger partial charge in [-0.2, -0.15) is 0 Å². The fourth-order valence-electron chi connectivity index (χ4n) is 5.45. The standard InChI is InChI=1S/C17H18N2O3.C17H16N2O3/c2*1-22-11-19-15-7-6-12(4-3-9-20)10-14(15)16-13(17(19)21)5-2-8-18-16/h2,5-8,10,20H,3-4,9,11H2,1H3;2,5-10H,3-4,11H2,1H3. The van der Waals surface area contributed by atoms with Crippen LogP contribution in [0.1, 0.15) is 24.0 Å². The number of benzene rings is 2. The van der Waals surface area contributed by atoms with Gasteiger partial charge < -0.3 is 19.4 Å². The summed E-state index contributed by atoms with van der Waals surface area (Å²) in [6, 6.07) is 18.9. The number of aliphatic hydroxyl groups excluding tert-OH is 1. The molecule has 0 saturated heterocycles. The van der Waals surface area contributed by atoms with Crippen LogP contribution in [-0.4, -0.2) is 51.3 Å². The van der Waals surface area contributed by atoms with Crippen molar-refractivity contribution in [3.05, 3.63) is 105 Å². The van der Waals surface area contributed by atoms with E-state index >= 15 is 0 Å². The van der Waals surface area contributed by atoms with Gasteiger partial charge in [-0.1, -0.05) is 12.1 Å². The molecule has 0 fully saturated rings. The first-order valence-electron chi connectivity index (χ1n) is 14.3. The van der Waals surface area contributed by atoms with E-state index in [1.165, 1.54) is 0 Å². The van der Waals surface area contributed by atoms with Gasteiger partial charge in [0.2, 0.25) is 0 Å². The van der Waals surface area contributed by atoms with Crippen molar-refractivity contribution in [2.45, 2.75) is 39.1 Å². The Morgan fingerprint density at radius 1 is 0.727 bits per heavy atom. The van der Waals surface area contributed by atoms with Crippen LogP contribution >= 0.6 is 0 Å². The monoisotopic (exact) mass is 594 g/mol. The van der Waals surface area contributed by atoms with Gasteiger partial charge in [-0.25, -0.2) is 0 Å². The van der Waals surface area contributed by atoms with E-state index in [-0.39, 0.29) is 31.2 Å². The van der Waals surface area contributed by atoms with Crippen molar-refractivity contribution >= 4 is 49.9 Å². The number of carbonyl (C=O) groups excluding carboxylic acids is 1. The number of carbonyl (C=O) groups is 1. The second-order valence-corrected chi connectivity index (χ2v) is 10.3. The van der Waals surface area contributed by atoms with Crippen molar-refractivity contribution in [3.8, 4) is 0 Å². The SMILES string of the molecule is COCn1c(=O)c2cccnc2c2cc(CCC=O)ccc21.COCn1c(=O)c2cccnc2c2cc(CCCO)ccc21. The summed E-state index contributed by atoms with van der Waals surface area (Å²) >= 11 is 0. The predicted octanol–water partition coefficient (Wildman–Crippen LogP) is 4.36. The zero-order valence-corrected chi connectivity index (χ0v) is 24.7. The minimum absolute atomic E-state index is 0.0967. The first-order chi connectivity index (χ1) is 21.5. The van der Waals surface area contributed by atoms with E-state index in [1.54, 1.807) is 60.0 Å². The minimum Gasteiger partial charge on any atom is -0.396 e. The van der Waals surface area contributed by atoms with E-state index in [9.17, 15) is 14.4 Å². The third-order valence-electron chi connectivity index (χ3n) is 7.47. The smallest absolute Gasteiger partial charge is 0.262 e. The maximum Gasteiger partial charge on any atom is 0.262 e. The Morgan fingerprint density at radius 2 is 1.23 bits per heavy atom. The van der Waals surface area contributed by atoms with Gasteiger partial charge in [-0.15, -0.1) is 0 Å². The summed E-state index contributed by atoms with van der Waals surface area (Å²) < 4.78 is 13.5. The number of nitrogens with zero attached hydrogens (tertiary/aromatic N) is 4. The number of aryl methyl sites for hydroxylation is 2. The second-order valence-electron chi connectivity index (χ2n) is 10.3. The van der Waals surface area contributed by atoms with E-state index in [4.69, 9.17) is 14.6 Å². The van der Waals surface area contributed by atoms with Gasteiger partial charge in [0.15, 0.2) is 0 Å². The van der Waals surface area contributed by atoms with Gasteiger partial charge in [-0.3, -0.25) is 28.7 Å². The molecule has 44 heavy (non-hydrogen) atoms. The lowest BCUT2D eigenvalue weighted by Crippen LogP contribution is -2.22. The average molecular weight is 595 g/mol. The molecule has 0 aliphatic heterocycles. The maximum atomic E-state index is 12.6. The Bertz CT molecular complexity index is 2070. The fraction of sp³-hybridized carbons (Fsp3) is 0.265. The number of rotatable bonds is 10. The van der Waals surface area contributed by atoms with Gasteiger partial charge in [0.05, 0.1) is 32.8 Å². The molecular formula is C34H34N4O6. The molecule has 2 aromatic carbocycles. The lowest BCUT2D eigenvalue weighted by Gasteiger charge is -2.13. The minimum atomic E-state index is -0.113. The number of hydrogen-bond donors (Lipinski definition) is 1. The molecule has 226 valence electrons. The van der Waals surface area contributed by atoms with Crippen molar-refractivity contribution in [1.82, 2.24) is 19.1 Å². The number of pyridine rings is 4. The van der Waals surface area contributed by atoms with E-state index in [0.717, 1.165) is 45.6 Å². The Morgan fingerprint density at radius 3 is 1.68 bits per heavy atom. The molecule has 0 radical (unpaired) electrons. The molecule has 6 aromatic rings. The molecule has 0 aliphatic rings. The molecule has 0 unspecified atom stereocenters. The molecule has 10 heteroatoms. The summed E-state index contributed by atoms with van der Waals surface area (Å²) in [4.78, 5) is 44.5. The highest BCUT2D eigenvalue weighted by atomic mass is 16.5. The van der Waals surface area contributed by atoms with Gasteiger partial charge >= 0.3 is 0 Å². The van der Waals surface area contributed by atoms with E-state index < -0.39 is 0 Å². The highest BCUT2D eigenvalue weighted by Gasteiger charge is 2.13. The Labute approximate surface area is 253 Å². The van der Waals surface area contributed by atoms with Crippen LogP contribution < -0.4 is 11.1 Å². The quantitative estimate of drug-likeness (QED) is 0.183. The number of fused-ring (bicyclic) bond motifs is 6. The lowest BCUT2D eigenvalue weighted by molar-refractivity contribution is -0.107. The van der Waals surface area contributed by atoms with Crippen LogP contribution in [-0.2, 0) is 40.6 Å². The van der Waals surface area contributed by atoms with Crippen molar-refractivity contribution in [1.29, 1.82) is 0 Å². The number of methoxy groups -OCH3 is 2. The third-order valence-corrected chi connectivity index (χ3v) is 7.47. The largest absolute Gasteiger partial charge is 0.396 e. The summed E-state index contributed by atoms with van der Waals surface area (Å²) in [6.07, 6.45) is 6.96. The average Bonchev–Trinajstić information content (AvgIpc) is 3.07. The molecule has 0 bridgehead atoms. The highest BCUT2D eigenvalue weighted by molar-refractivity contribution is 6.04. The summed E-state index contributed by atoms with van der Waals surface area (Å²) in [6.45, 7) is 0.560. The third kappa shape index (κ3) is 6.14. The molecule has 4 heterocycles. The first kappa shape index (κ1) is 30.7. The second kappa shape index (κ2) is 14.1. The van der Waals surface area contributed by atoms with Crippen molar-refractivity contribution in [2.24, 2.45) is 0 Å². The number of hydrogen-bond acceptors (Lipinski definition) is 8. The van der Waals surface area contributed by atoms with Crippen LogP contribution in [0, 0.1) is 0 Å². The zero-order valence-electron chi connectivity index (χ0n) is 24.7. The summed E-state index contributed by atoms with van der Waals surface area (Å²) in [5.41, 5.74) is 4.95. The Kier molecular flexibility index (Phi) is 9.86. The number of aromatic nitrogens is 4. The van der Waals surface area contributed by atoms with Crippen LogP contribution in [0.3, 0.4) is 0 Å². The van der Waals surface area contributed by atoms with E-state index in [0.29, 0.717) is 41.1 Å². The molecule has 0 spiro atoms. The molecule has 1 N–H and O–H groups in total. The molecule has 0 atom stereocenters. The van der Waals surface area contributed by atoms with Crippen LogP contribution in [0.2, 0.25) is 0 Å². The lowest BCUT2D eigenvalue weighted by atomic mass is 10.0. The molecule has 0 amide bonds. The first-order valence-corrected chi connectivity index (χ1v) is 14.3. The fourth-order valence-corrected chi connectivity index (χ4v) is 5.45. The zero-order chi connectivity index (χ0) is 31.1. The van der Waals surface area contributed by atoms with E-state index in [2.05, 4.69) is 9.97 Å². The maximum absolute atomic E-state index is 12.6. The van der Waals surface area contributed by atoms with Gasteiger partial charge in [0, 0.05) is 50.4 Å². The molecule has 4 aromatic heterocycles. The van der Waals surface area contributed by atoms with Crippen molar-refractivity contribution in [2.75, 3.05) is 20.8 Å². The summed E-state index contributed by atoms with van der Waals surface area (Å²) in [5, 5.41) is 12.0.